The zero-order valence-electron chi connectivity index (χ0n) is 19.1. The van der Waals surface area contributed by atoms with Crippen molar-refractivity contribution in [3.63, 3.8) is 0 Å². The number of Topliss-reactive ketones (excluding diaryl/α,β-unsaturated/α-hetero) is 1. The first kappa shape index (κ1) is 24.0. The van der Waals surface area contributed by atoms with Crippen molar-refractivity contribution in [3.8, 4) is 5.75 Å². The van der Waals surface area contributed by atoms with E-state index in [2.05, 4.69) is 15.9 Å². The normalized spacial score (nSPS) is 18.1. The summed E-state index contributed by atoms with van der Waals surface area (Å²) in [6.07, 6.45) is 0.00725. The highest BCUT2D eigenvalue weighted by atomic mass is 79.9. The topological polar surface area (TPSA) is 74.1 Å². The number of nitrogens with zero attached hydrogens (tertiary/aromatic N) is 1. The predicted molar refractivity (Wildman–Crippen MR) is 125 cm³/mol. The van der Waals surface area contributed by atoms with Crippen molar-refractivity contribution in [1.82, 2.24) is 4.90 Å². The second-order valence-corrected chi connectivity index (χ2v) is 9.54. The number of amides is 1. The van der Waals surface area contributed by atoms with Crippen LogP contribution in [0.2, 0.25) is 0 Å². The van der Waals surface area contributed by atoms with Gasteiger partial charge in [-0.25, -0.2) is 0 Å². The molecule has 3 rings (SSSR count). The van der Waals surface area contributed by atoms with Gasteiger partial charge in [0.1, 0.15) is 5.75 Å². The lowest BCUT2D eigenvalue weighted by Gasteiger charge is -2.28. The number of likely N-dealkylation sites (tertiary alicyclic amines) is 1. The summed E-state index contributed by atoms with van der Waals surface area (Å²) in [6.45, 7) is 6.77. The van der Waals surface area contributed by atoms with E-state index in [9.17, 15) is 14.7 Å². The number of carbonyl (C=O) groups excluding carboxylic acids is 2. The van der Waals surface area contributed by atoms with E-state index in [1.54, 1.807) is 18.2 Å². The largest absolute Gasteiger partial charge is 0.872 e. The van der Waals surface area contributed by atoms with Gasteiger partial charge in [0.25, 0.3) is 5.91 Å². The van der Waals surface area contributed by atoms with Crippen LogP contribution in [0.25, 0.3) is 5.76 Å². The van der Waals surface area contributed by atoms with E-state index >= 15 is 0 Å². The van der Waals surface area contributed by atoms with E-state index in [0.29, 0.717) is 24.4 Å². The highest BCUT2D eigenvalue weighted by Crippen LogP contribution is 2.39. The molecule has 0 aromatic heterocycles. The molecule has 7 heteroatoms. The molecule has 1 N–H and O–H groups in total. The Bertz CT molecular complexity index is 1040. The van der Waals surface area contributed by atoms with Crippen LogP contribution in [0.1, 0.15) is 36.6 Å². The van der Waals surface area contributed by atoms with Crippen LogP contribution in [0, 0.1) is 6.92 Å². The van der Waals surface area contributed by atoms with Crippen LogP contribution in [0.15, 0.2) is 52.5 Å². The zero-order chi connectivity index (χ0) is 23.6. The van der Waals surface area contributed by atoms with E-state index in [0.717, 1.165) is 20.5 Å². The lowest BCUT2D eigenvalue weighted by atomic mass is 9.95. The van der Waals surface area contributed by atoms with Gasteiger partial charge in [0.15, 0.2) is 0 Å². The van der Waals surface area contributed by atoms with Gasteiger partial charge >= 0.3 is 0 Å². The summed E-state index contributed by atoms with van der Waals surface area (Å²) in [4.78, 5) is 28.6. The molecule has 1 fully saturated rings. The molecule has 6 nitrogen and oxygen atoms in total. The maximum Gasteiger partial charge on any atom is 0.295 e. The van der Waals surface area contributed by atoms with Crippen molar-refractivity contribution < 1.29 is 24.3 Å². The van der Waals surface area contributed by atoms with Gasteiger partial charge in [-0.1, -0.05) is 39.9 Å². The Morgan fingerprint density at radius 3 is 2.38 bits per heavy atom. The summed E-state index contributed by atoms with van der Waals surface area (Å²) in [6, 6.07) is 11.8. The summed E-state index contributed by atoms with van der Waals surface area (Å²) in [7, 11) is 3.96. The Labute approximate surface area is 197 Å². The van der Waals surface area contributed by atoms with Crippen molar-refractivity contribution in [2.75, 3.05) is 27.2 Å². The number of benzene rings is 2. The number of ether oxygens (including phenoxy) is 1. The first-order valence-corrected chi connectivity index (χ1v) is 11.5. The van der Waals surface area contributed by atoms with Crippen LogP contribution in [0.5, 0.6) is 5.75 Å². The van der Waals surface area contributed by atoms with Crippen molar-refractivity contribution >= 4 is 33.4 Å². The van der Waals surface area contributed by atoms with Gasteiger partial charge in [-0.15, -0.1) is 0 Å². The molecular weight excluding hydrogens is 472 g/mol. The van der Waals surface area contributed by atoms with Gasteiger partial charge in [0.05, 0.1) is 39.3 Å². The summed E-state index contributed by atoms with van der Waals surface area (Å²) in [5.74, 6) is -1.08. The minimum atomic E-state index is -0.725. The van der Waals surface area contributed by atoms with Crippen LogP contribution in [-0.4, -0.2) is 49.9 Å². The Morgan fingerprint density at radius 1 is 1.16 bits per heavy atom. The van der Waals surface area contributed by atoms with Crippen LogP contribution in [0.4, 0.5) is 0 Å². The van der Waals surface area contributed by atoms with Gasteiger partial charge in [0, 0.05) is 10.0 Å². The number of halogens is 1. The fraction of sp³-hybridized carbons (Fsp3) is 0.360. The second kappa shape index (κ2) is 9.88. The average molecular weight is 501 g/mol. The fourth-order valence-electron chi connectivity index (χ4n) is 3.77. The van der Waals surface area contributed by atoms with E-state index in [4.69, 9.17) is 4.74 Å². The van der Waals surface area contributed by atoms with Crippen LogP contribution < -0.4 is 14.7 Å². The second-order valence-electron chi connectivity index (χ2n) is 8.63. The van der Waals surface area contributed by atoms with Crippen LogP contribution >= 0.6 is 15.9 Å². The van der Waals surface area contributed by atoms with Gasteiger partial charge in [0.2, 0.25) is 5.78 Å². The maximum atomic E-state index is 13.5. The Kier molecular flexibility index (Phi) is 7.41. The molecule has 0 bridgehead atoms. The number of quaternary nitrogens is 1. The first-order chi connectivity index (χ1) is 15.1. The number of ketones is 1. The third kappa shape index (κ3) is 5.05. The number of carbonyl (C=O) groups is 2. The third-order valence-corrected chi connectivity index (χ3v) is 5.90. The van der Waals surface area contributed by atoms with E-state index < -0.39 is 23.5 Å². The number of aryl methyl sites for hydroxylation is 1. The molecule has 0 aliphatic carbocycles. The molecule has 1 unspecified atom stereocenters. The molecule has 1 amide bonds. The summed E-state index contributed by atoms with van der Waals surface area (Å²) in [5, 5.41) is 13.5. The molecule has 1 atom stereocenters. The van der Waals surface area contributed by atoms with Crippen LogP contribution in [0.3, 0.4) is 0 Å². The molecule has 2 aromatic rings. The van der Waals surface area contributed by atoms with Crippen molar-refractivity contribution in [2.24, 2.45) is 0 Å². The number of likely N-dealkylation sites (N-methyl/N-ethyl adjacent to an activating group) is 1. The molecule has 1 saturated heterocycles. The molecule has 2 aromatic carbocycles. The molecule has 1 heterocycles. The maximum absolute atomic E-state index is 13.5. The van der Waals surface area contributed by atoms with Crippen LogP contribution in [-0.2, 0) is 9.59 Å². The van der Waals surface area contributed by atoms with Crippen molar-refractivity contribution in [3.05, 3.63) is 69.2 Å². The van der Waals surface area contributed by atoms with E-state index in [1.807, 2.05) is 59.1 Å². The number of hydrogen-bond donors (Lipinski definition) is 1. The van der Waals surface area contributed by atoms with Crippen molar-refractivity contribution in [1.29, 1.82) is 0 Å². The van der Waals surface area contributed by atoms with E-state index in [-0.39, 0.29) is 11.7 Å². The molecule has 0 spiro atoms. The molecular formula is C25H29BrN2O4. The Balaban J connectivity index is 2.11. The quantitative estimate of drug-likeness (QED) is 0.358. The number of hydrogen-bond acceptors (Lipinski definition) is 4. The average Bonchev–Trinajstić information content (AvgIpc) is 2.98. The molecule has 32 heavy (non-hydrogen) atoms. The van der Waals surface area contributed by atoms with Gasteiger partial charge < -0.3 is 19.6 Å². The third-order valence-electron chi connectivity index (χ3n) is 5.37. The summed E-state index contributed by atoms with van der Waals surface area (Å²) in [5.41, 5.74) is 1.91. The lowest BCUT2D eigenvalue weighted by molar-refractivity contribution is -0.857. The number of nitrogens with one attached hydrogen (secondary N) is 1. The zero-order valence-corrected chi connectivity index (χ0v) is 20.7. The SMILES string of the molecule is Cc1cc(C([O-])=C2C(=O)C(=O)N(CC[NH+](C)C)C2c2ccc(Br)cc2)ccc1OC(C)C. The lowest BCUT2D eigenvalue weighted by Crippen LogP contribution is -3.06. The predicted octanol–water partition coefficient (Wildman–Crippen LogP) is 1.91. The smallest absolute Gasteiger partial charge is 0.295 e. The van der Waals surface area contributed by atoms with Crippen molar-refractivity contribution in [2.45, 2.75) is 32.9 Å². The molecule has 170 valence electrons. The summed E-state index contributed by atoms with van der Waals surface area (Å²) >= 11 is 3.42. The van der Waals surface area contributed by atoms with Gasteiger partial charge in [-0.05, 0) is 61.7 Å². The summed E-state index contributed by atoms with van der Waals surface area (Å²) < 4.78 is 6.64. The standard InChI is InChI=1S/C25H29BrN2O4/c1-15(2)32-20-11-8-18(14-16(20)3)23(29)21-22(17-6-9-19(26)10-7-17)28(13-12-27(4)5)25(31)24(21)30/h6-11,14-15,22,29H,12-13H2,1-5H3. The van der Waals surface area contributed by atoms with E-state index in [1.165, 1.54) is 4.90 Å². The first-order valence-electron chi connectivity index (χ1n) is 10.7. The molecule has 1 aliphatic heterocycles. The van der Waals surface area contributed by atoms with Gasteiger partial charge in [-0.2, -0.15) is 0 Å². The minimum Gasteiger partial charge on any atom is -0.872 e. The molecule has 1 aliphatic rings. The fourth-order valence-corrected chi connectivity index (χ4v) is 4.03. The highest BCUT2D eigenvalue weighted by molar-refractivity contribution is 9.10. The Hall–Kier alpha value is -2.64. The molecule has 0 saturated carbocycles. The molecule has 0 radical (unpaired) electrons. The minimum absolute atomic E-state index is 0.00278. The highest BCUT2D eigenvalue weighted by Gasteiger charge is 2.44. The Morgan fingerprint density at radius 2 is 1.81 bits per heavy atom. The monoisotopic (exact) mass is 500 g/mol. The number of rotatable bonds is 7. The van der Waals surface area contributed by atoms with Gasteiger partial charge in [-0.3, -0.25) is 9.59 Å².